The fraction of sp³-hybridized carbons (Fsp3) is 0.400. The summed E-state index contributed by atoms with van der Waals surface area (Å²) < 4.78 is 5.02. The topological polar surface area (TPSA) is 26.3 Å². The Bertz CT molecular complexity index is 705. The molecule has 1 rings (SSSR count). The summed E-state index contributed by atoms with van der Waals surface area (Å²) in [7, 11) is 0. The number of carbonyl (C=O) groups excluding carboxylic acids is 1. The molecule has 0 saturated heterocycles. The zero-order valence-corrected chi connectivity index (χ0v) is 17.7. The second-order valence-corrected chi connectivity index (χ2v) is 7.30. The molecule has 0 radical (unpaired) electrons. The Kier molecular flexibility index (Phi) is 10.2. The molecule has 0 fully saturated rings. The number of allylic oxidation sites excluding steroid dienone is 6. The number of esters is 1. The van der Waals surface area contributed by atoms with Gasteiger partial charge >= 0.3 is 5.97 Å². The van der Waals surface area contributed by atoms with E-state index in [0.29, 0.717) is 24.0 Å². The van der Waals surface area contributed by atoms with Crippen molar-refractivity contribution in [3.8, 4) is 0 Å². The molecule has 0 aliphatic carbocycles. The lowest BCUT2D eigenvalue weighted by molar-refractivity contribution is -0.138. The number of benzene rings is 1. The zero-order valence-electron chi connectivity index (χ0n) is 17.7. The van der Waals surface area contributed by atoms with E-state index in [2.05, 4.69) is 69.3 Å². The molecule has 1 aromatic carbocycles. The molecule has 1 aromatic rings. The highest BCUT2D eigenvalue weighted by atomic mass is 16.5. The van der Waals surface area contributed by atoms with Crippen LogP contribution in [0.25, 0.3) is 6.08 Å². The van der Waals surface area contributed by atoms with Gasteiger partial charge in [0.2, 0.25) is 0 Å². The predicted octanol–water partition coefficient (Wildman–Crippen LogP) is 6.76. The second-order valence-electron chi connectivity index (χ2n) is 7.30. The highest BCUT2D eigenvalue weighted by Gasteiger charge is 2.07. The third kappa shape index (κ3) is 9.79. The summed E-state index contributed by atoms with van der Waals surface area (Å²) in [6.45, 7) is 12.7. The van der Waals surface area contributed by atoms with Gasteiger partial charge in [0.15, 0.2) is 0 Å². The smallest absolute Gasteiger partial charge is 0.333 e. The number of ether oxygens (including phenoxy) is 1. The van der Waals surface area contributed by atoms with Crippen LogP contribution in [-0.2, 0) is 9.53 Å². The van der Waals surface area contributed by atoms with Gasteiger partial charge in [0.1, 0.15) is 0 Å². The van der Waals surface area contributed by atoms with E-state index in [1.54, 1.807) is 6.92 Å². The van der Waals surface area contributed by atoms with Crippen LogP contribution in [0.4, 0.5) is 0 Å². The molecule has 0 aromatic heterocycles. The molecule has 2 nitrogen and oxygen atoms in total. The van der Waals surface area contributed by atoms with Crippen LogP contribution >= 0.6 is 0 Å². The van der Waals surface area contributed by atoms with Crippen molar-refractivity contribution in [1.82, 2.24) is 0 Å². The monoisotopic (exact) mass is 366 g/mol. The van der Waals surface area contributed by atoms with Crippen molar-refractivity contribution in [1.29, 1.82) is 0 Å². The fourth-order valence-electron chi connectivity index (χ4n) is 3.16. The van der Waals surface area contributed by atoms with Gasteiger partial charge in [-0.25, -0.2) is 4.79 Å². The summed E-state index contributed by atoms with van der Waals surface area (Å²) in [6, 6.07) is 10.3. The van der Waals surface area contributed by atoms with Crippen molar-refractivity contribution in [3.63, 3.8) is 0 Å². The van der Waals surface area contributed by atoms with Crippen LogP contribution in [-0.4, -0.2) is 12.6 Å². The van der Waals surface area contributed by atoms with Crippen molar-refractivity contribution in [3.05, 3.63) is 76.9 Å². The zero-order chi connectivity index (χ0) is 20.2. The van der Waals surface area contributed by atoms with Gasteiger partial charge in [-0.2, -0.15) is 0 Å². The van der Waals surface area contributed by atoms with E-state index in [1.807, 2.05) is 26.0 Å². The molecular weight excluding hydrogens is 332 g/mol. The molecule has 0 aliphatic heterocycles. The van der Waals surface area contributed by atoms with Crippen LogP contribution in [0.1, 0.15) is 53.5 Å². The molecule has 0 N–H and O–H groups in total. The lowest BCUT2D eigenvalue weighted by atomic mass is 9.93. The minimum absolute atomic E-state index is 0.241. The van der Waals surface area contributed by atoms with Gasteiger partial charge in [-0.3, -0.25) is 0 Å². The molecule has 0 saturated carbocycles. The first-order valence-corrected chi connectivity index (χ1v) is 9.77. The molecule has 0 bridgehead atoms. The largest absolute Gasteiger partial charge is 0.463 e. The van der Waals surface area contributed by atoms with E-state index in [9.17, 15) is 4.79 Å². The molecule has 0 aliphatic rings. The standard InChI is InChI=1S/C25H34O2/c1-7-27-25(26)23(6)18-22(5)17-21(4)16-20(3)15-19(2)13-14-24-11-9-8-10-12-24/h8-15,17-18,20-21H,7,16H2,1-6H3/b14-13+,19-15+,22-17-,23-18+/t20-,21+/m0/s1. The van der Waals surface area contributed by atoms with E-state index in [-0.39, 0.29) is 5.97 Å². The molecule has 0 unspecified atom stereocenters. The summed E-state index contributed by atoms with van der Waals surface area (Å²) in [5.74, 6) is 0.683. The van der Waals surface area contributed by atoms with Crippen LogP contribution in [0, 0.1) is 11.8 Å². The summed E-state index contributed by atoms with van der Waals surface area (Å²) >= 11 is 0. The molecule has 0 spiro atoms. The van der Waals surface area contributed by atoms with Crippen LogP contribution < -0.4 is 0 Å². The fourth-order valence-corrected chi connectivity index (χ4v) is 3.16. The van der Waals surface area contributed by atoms with Gasteiger partial charge in [-0.1, -0.05) is 79.6 Å². The minimum Gasteiger partial charge on any atom is -0.463 e. The summed E-state index contributed by atoms with van der Waals surface area (Å²) in [5.41, 5.74) is 4.24. The van der Waals surface area contributed by atoms with Gasteiger partial charge < -0.3 is 4.74 Å². The highest BCUT2D eigenvalue weighted by molar-refractivity contribution is 5.88. The molecular formula is C25H34O2. The Morgan fingerprint density at radius 1 is 1.00 bits per heavy atom. The van der Waals surface area contributed by atoms with Gasteiger partial charge in [0.05, 0.1) is 6.61 Å². The molecule has 146 valence electrons. The highest BCUT2D eigenvalue weighted by Crippen LogP contribution is 2.19. The van der Waals surface area contributed by atoms with E-state index in [1.165, 1.54) is 11.1 Å². The summed E-state index contributed by atoms with van der Waals surface area (Å²) in [6.07, 6.45) is 11.8. The van der Waals surface area contributed by atoms with Crippen LogP contribution in [0.15, 0.2) is 71.4 Å². The Morgan fingerprint density at radius 2 is 1.59 bits per heavy atom. The molecule has 2 atom stereocenters. The Hall–Kier alpha value is -2.35. The third-order valence-corrected chi connectivity index (χ3v) is 4.22. The first-order valence-electron chi connectivity index (χ1n) is 9.77. The Labute approximate surface area is 165 Å². The summed E-state index contributed by atoms with van der Waals surface area (Å²) in [5, 5.41) is 0. The van der Waals surface area contributed by atoms with E-state index in [0.717, 1.165) is 12.0 Å². The lowest BCUT2D eigenvalue weighted by Crippen LogP contribution is -2.05. The van der Waals surface area contributed by atoms with Crippen molar-refractivity contribution in [2.75, 3.05) is 6.61 Å². The van der Waals surface area contributed by atoms with Crippen molar-refractivity contribution in [2.45, 2.75) is 48.0 Å². The van der Waals surface area contributed by atoms with E-state index < -0.39 is 0 Å². The SMILES string of the molecule is CCOC(=O)/C(C)=C/C(C)=C\[C@H](C)C[C@@H](C)/C=C(C)/C=C/c1ccccc1. The van der Waals surface area contributed by atoms with E-state index >= 15 is 0 Å². The maximum atomic E-state index is 11.7. The number of hydrogen-bond donors (Lipinski definition) is 0. The maximum Gasteiger partial charge on any atom is 0.333 e. The minimum atomic E-state index is -0.241. The normalized spacial score (nSPS) is 15.7. The lowest BCUT2D eigenvalue weighted by Gasteiger charge is -2.12. The van der Waals surface area contributed by atoms with Crippen LogP contribution in [0.5, 0.6) is 0 Å². The first kappa shape index (κ1) is 22.7. The van der Waals surface area contributed by atoms with Gasteiger partial charge in [0, 0.05) is 5.57 Å². The third-order valence-electron chi connectivity index (χ3n) is 4.22. The molecule has 0 heterocycles. The second kappa shape index (κ2) is 12.1. The predicted molar refractivity (Wildman–Crippen MR) is 116 cm³/mol. The number of rotatable bonds is 9. The number of hydrogen-bond acceptors (Lipinski definition) is 2. The average molecular weight is 367 g/mol. The van der Waals surface area contributed by atoms with Gasteiger partial charge in [0.25, 0.3) is 0 Å². The molecule has 0 amide bonds. The Morgan fingerprint density at radius 3 is 2.19 bits per heavy atom. The van der Waals surface area contributed by atoms with Crippen LogP contribution in [0.2, 0.25) is 0 Å². The molecule has 27 heavy (non-hydrogen) atoms. The quantitative estimate of drug-likeness (QED) is 0.274. The molecule has 2 heteroatoms. The van der Waals surface area contributed by atoms with Crippen molar-refractivity contribution >= 4 is 12.0 Å². The summed E-state index contributed by atoms with van der Waals surface area (Å²) in [4.78, 5) is 11.7. The maximum absolute atomic E-state index is 11.7. The van der Waals surface area contributed by atoms with Crippen molar-refractivity contribution < 1.29 is 9.53 Å². The average Bonchev–Trinajstić information content (AvgIpc) is 2.60. The van der Waals surface area contributed by atoms with Crippen molar-refractivity contribution in [2.24, 2.45) is 11.8 Å². The number of carbonyl (C=O) groups is 1. The Balaban J connectivity index is 2.62. The first-order chi connectivity index (χ1) is 12.8. The van der Waals surface area contributed by atoms with Gasteiger partial charge in [-0.15, -0.1) is 0 Å². The van der Waals surface area contributed by atoms with E-state index in [4.69, 9.17) is 4.74 Å². The van der Waals surface area contributed by atoms with Gasteiger partial charge in [-0.05, 0) is 57.6 Å². The van der Waals surface area contributed by atoms with Crippen LogP contribution in [0.3, 0.4) is 0 Å².